The quantitative estimate of drug-likeness (QED) is 0.615. The van der Waals surface area contributed by atoms with Crippen molar-refractivity contribution in [1.82, 2.24) is 0 Å². The zero-order valence-electron chi connectivity index (χ0n) is 12.3. The molecule has 2 aromatic carbocycles. The molecule has 0 aliphatic heterocycles. The lowest BCUT2D eigenvalue weighted by Crippen LogP contribution is -1.90. The summed E-state index contributed by atoms with van der Waals surface area (Å²) < 4.78 is 22.1. The van der Waals surface area contributed by atoms with Gasteiger partial charge in [-0.1, -0.05) is 73.8 Å². The maximum Gasteiger partial charge on any atom is 0.698 e. The van der Waals surface area contributed by atoms with Gasteiger partial charge in [0.25, 0.3) is 0 Å². The second-order valence-corrected chi connectivity index (χ2v) is 5.63. The average molecular weight is 313 g/mol. The summed E-state index contributed by atoms with van der Waals surface area (Å²) in [5, 5.41) is 0. The molecule has 2 aromatic rings. The van der Waals surface area contributed by atoms with Gasteiger partial charge in [-0.25, -0.2) is 0 Å². The lowest BCUT2D eigenvalue weighted by atomic mass is 10.1. The molecule has 4 heteroatoms. The Morgan fingerprint density at radius 1 is 0.773 bits per heavy atom. The third-order valence-corrected chi connectivity index (χ3v) is 3.78. The van der Waals surface area contributed by atoms with Crippen LogP contribution in [-0.4, -0.2) is 0 Å². The Bertz CT molecular complexity index is 588. The SMILES string of the molecule is C=Cc1ccc(CO[P+](=O)OCc2ccc(C=C)cc2)cc1. The van der Waals surface area contributed by atoms with E-state index in [-0.39, 0.29) is 13.2 Å². The molecule has 0 saturated carbocycles. The largest absolute Gasteiger partial charge is 0.698 e. The zero-order chi connectivity index (χ0) is 15.8. The van der Waals surface area contributed by atoms with Crippen molar-refractivity contribution in [2.24, 2.45) is 0 Å². The van der Waals surface area contributed by atoms with Crippen molar-refractivity contribution in [1.29, 1.82) is 0 Å². The first-order valence-corrected chi connectivity index (χ1v) is 7.96. The van der Waals surface area contributed by atoms with E-state index in [0.717, 1.165) is 22.3 Å². The monoisotopic (exact) mass is 313 g/mol. The fourth-order valence-electron chi connectivity index (χ4n) is 1.79. The molecule has 112 valence electrons. The molecule has 0 radical (unpaired) electrons. The molecule has 0 fully saturated rings. The van der Waals surface area contributed by atoms with Gasteiger partial charge in [0.05, 0.1) is 0 Å². The Labute approximate surface area is 131 Å². The van der Waals surface area contributed by atoms with E-state index in [9.17, 15) is 4.57 Å². The fourth-order valence-corrected chi connectivity index (χ4v) is 2.38. The Balaban J connectivity index is 1.77. The summed E-state index contributed by atoms with van der Waals surface area (Å²) in [5.41, 5.74) is 3.94. The van der Waals surface area contributed by atoms with Gasteiger partial charge >= 0.3 is 8.25 Å². The first kappa shape index (κ1) is 16.3. The molecule has 3 nitrogen and oxygen atoms in total. The van der Waals surface area contributed by atoms with Gasteiger partial charge in [-0.2, -0.15) is 0 Å². The van der Waals surface area contributed by atoms with Gasteiger partial charge in [0.15, 0.2) is 0 Å². The van der Waals surface area contributed by atoms with Crippen molar-refractivity contribution < 1.29 is 13.6 Å². The van der Waals surface area contributed by atoms with E-state index in [1.54, 1.807) is 12.2 Å². The summed E-state index contributed by atoms with van der Waals surface area (Å²) in [4.78, 5) is 0. The smallest absolute Gasteiger partial charge is 0.114 e. The van der Waals surface area contributed by atoms with Crippen LogP contribution in [0.5, 0.6) is 0 Å². The maximum absolute atomic E-state index is 11.7. The number of hydrogen-bond donors (Lipinski definition) is 0. The third-order valence-electron chi connectivity index (χ3n) is 3.10. The molecule has 0 amide bonds. The lowest BCUT2D eigenvalue weighted by Gasteiger charge is -1.98. The highest BCUT2D eigenvalue weighted by Gasteiger charge is 2.20. The third kappa shape index (κ3) is 5.05. The molecular weight excluding hydrogens is 295 g/mol. The van der Waals surface area contributed by atoms with Crippen LogP contribution in [0.25, 0.3) is 12.2 Å². The molecular formula is C18H18O3P+. The molecule has 0 aromatic heterocycles. The predicted molar refractivity (Wildman–Crippen MR) is 90.3 cm³/mol. The Kier molecular flexibility index (Phi) is 6.23. The molecule has 0 heterocycles. The normalized spacial score (nSPS) is 10.2. The van der Waals surface area contributed by atoms with Crippen LogP contribution >= 0.6 is 8.25 Å². The molecule has 2 rings (SSSR count). The van der Waals surface area contributed by atoms with Crippen LogP contribution in [0.3, 0.4) is 0 Å². The predicted octanol–water partition coefficient (Wildman–Crippen LogP) is 5.36. The summed E-state index contributed by atoms with van der Waals surface area (Å²) >= 11 is 0. The summed E-state index contributed by atoms with van der Waals surface area (Å²) in [5.74, 6) is 0. The van der Waals surface area contributed by atoms with Crippen molar-refractivity contribution in [3.8, 4) is 0 Å². The van der Waals surface area contributed by atoms with E-state index in [0.29, 0.717) is 0 Å². The standard InChI is InChI=1S/C18H18O3P/c1-3-15-5-9-17(10-6-15)13-20-22(19)21-14-18-11-7-16(4-2)8-12-18/h3-12H,1-2,13-14H2/q+1. The number of benzene rings is 2. The minimum Gasteiger partial charge on any atom is -0.114 e. The molecule has 0 unspecified atom stereocenters. The van der Waals surface area contributed by atoms with Gasteiger partial charge in [0.2, 0.25) is 0 Å². The molecule has 0 aliphatic carbocycles. The molecule has 0 N–H and O–H groups in total. The zero-order valence-corrected chi connectivity index (χ0v) is 13.2. The van der Waals surface area contributed by atoms with Crippen molar-refractivity contribution in [3.05, 3.63) is 83.9 Å². The molecule has 0 atom stereocenters. The van der Waals surface area contributed by atoms with E-state index >= 15 is 0 Å². The Morgan fingerprint density at radius 3 is 1.45 bits per heavy atom. The van der Waals surface area contributed by atoms with E-state index < -0.39 is 8.25 Å². The molecule has 0 aliphatic rings. The van der Waals surface area contributed by atoms with Crippen molar-refractivity contribution in [2.75, 3.05) is 0 Å². The van der Waals surface area contributed by atoms with Gasteiger partial charge in [-0.3, -0.25) is 0 Å². The lowest BCUT2D eigenvalue weighted by molar-refractivity contribution is 0.213. The first-order valence-electron chi connectivity index (χ1n) is 6.87. The second-order valence-electron chi connectivity index (χ2n) is 4.66. The highest BCUT2D eigenvalue weighted by atomic mass is 31.1. The van der Waals surface area contributed by atoms with Crippen LogP contribution in [0.4, 0.5) is 0 Å². The Hall–Kier alpha value is -2.06. The van der Waals surface area contributed by atoms with Crippen molar-refractivity contribution >= 4 is 20.4 Å². The number of rotatable bonds is 8. The minimum absolute atomic E-state index is 0.252. The van der Waals surface area contributed by atoms with Gasteiger partial charge in [0, 0.05) is 4.57 Å². The van der Waals surface area contributed by atoms with Crippen molar-refractivity contribution in [3.63, 3.8) is 0 Å². The maximum atomic E-state index is 11.7. The van der Waals surface area contributed by atoms with E-state index in [4.69, 9.17) is 9.05 Å². The van der Waals surface area contributed by atoms with Crippen molar-refractivity contribution in [2.45, 2.75) is 13.2 Å². The van der Waals surface area contributed by atoms with E-state index in [1.807, 2.05) is 48.5 Å². The highest BCUT2D eigenvalue weighted by molar-refractivity contribution is 7.33. The van der Waals surface area contributed by atoms with Crippen LogP contribution in [0.1, 0.15) is 22.3 Å². The van der Waals surface area contributed by atoms with Gasteiger partial charge in [-0.05, 0) is 22.3 Å². The fraction of sp³-hybridized carbons (Fsp3) is 0.111. The summed E-state index contributed by atoms with van der Waals surface area (Å²) in [7, 11) is -2.14. The highest BCUT2D eigenvalue weighted by Crippen LogP contribution is 2.27. The first-order chi connectivity index (χ1) is 10.7. The molecule has 0 saturated heterocycles. The summed E-state index contributed by atoms with van der Waals surface area (Å²) in [6.45, 7) is 7.89. The van der Waals surface area contributed by atoms with Crippen LogP contribution < -0.4 is 0 Å². The van der Waals surface area contributed by atoms with Gasteiger partial charge < -0.3 is 0 Å². The summed E-state index contributed by atoms with van der Waals surface area (Å²) in [6, 6.07) is 15.4. The van der Waals surface area contributed by atoms with Gasteiger partial charge in [0.1, 0.15) is 13.2 Å². The molecule has 22 heavy (non-hydrogen) atoms. The van der Waals surface area contributed by atoms with Crippen LogP contribution in [0.15, 0.2) is 61.7 Å². The van der Waals surface area contributed by atoms with Crippen LogP contribution in [0, 0.1) is 0 Å². The van der Waals surface area contributed by atoms with Crippen LogP contribution in [-0.2, 0) is 26.8 Å². The molecule has 0 bridgehead atoms. The average Bonchev–Trinajstić information content (AvgIpc) is 2.59. The van der Waals surface area contributed by atoms with Crippen LogP contribution in [0.2, 0.25) is 0 Å². The van der Waals surface area contributed by atoms with E-state index in [1.165, 1.54) is 0 Å². The molecule has 0 spiro atoms. The topological polar surface area (TPSA) is 35.5 Å². The minimum atomic E-state index is -2.14. The van der Waals surface area contributed by atoms with E-state index in [2.05, 4.69) is 13.2 Å². The number of hydrogen-bond acceptors (Lipinski definition) is 3. The second kappa shape index (κ2) is 8.40. The summed E-state index contributed by atoms with van der Waals surface area (Å²) in [6.07, 6.45) is 3.54. The Morgan fingerprint density at radius 2 is 1.14 bits per heavy atom. The van der Waals surface area contributed by atoms with Gasteiger partial charge in [-0.15, -0.1) is 9.05 Å².